The Hall–Kier alpha value is -1.85. The van der Waals surface area contributed by atoms with Crippen LogP contribution in [0.3, 0.4) is 0 Å². The number of nitrogens with zero attached hydrogens (tertiary/aromatic N) is 3. The van der Waals surface area contributed by atoms with Gasteiger partial charge in [-0.15, -0.1) is 0 Å². The number of aromatic nitrogens is 2. The van der Waals surface area contributed by atoms with Crippen LogP contribution in [0.4, 0.5) is 5.69 Å². The summed E-state index contributed by atoms with van der Waals surface area (Å²) in [4.78, 5) is 25.5. The number of nitrogens with one attached hydrogen (secondary N) is 1. The molecule has 1 N–H and O–H groups in total. The largest absolute Gasteiger partial charge is 0.342 e. The van der Waals surface area contributed by atoms with Crippen molar-refractivity contribution >= 4 is 17.5 Å². The quantitative estimate of drug-likeness (QED) is 0.864. The molecular weight excluding hydrogens is 244 g/mol. The molecule has 1 aromatic rings. The summed E-state index contributed by atoms with van der Waals surface area (Å²) in [6.07, 6.45) is 2.48. The van der Waals surface area contributed by atoms with Crippen molar-refractivity contribution in [2.24, 2.45) is 12.5 Å². The summed E-state index contributed by atoms with van der Waals surface area (Å²) >= 11 is 0. The lowest BCUT2D eigenvalue weighted by atomic mass is 9.88. The molecule has 2 rings (SSSR count). The molecule has 1 atom stereocenters. The highest BCUT2D eigenvalue weighted by molar-refractivity contribution is 5.96. The third-order valence-electron chi connectivity index (χ3n) is 3.73. The maximum atomic E-state index is 12.4. The Morgan fingerprint density at radius 3 is 2.63 bits per heavy atom. The highest BCUT2D eigenvalue weighted by atomic mass is 16.2. The molecule has 0 saturated carbocycles. The number of amides is 2. The van der Waals surface area contributed by atoms with Gasteiger partial charge in [-0.3, -0.25) is 14.3 Å². The van der Waals surface area contributed by atoms with Gasteiger partial charge in [0.25, 0.3) is 0 Å². The molecule has 19 heavy (non-hydrogen) atoms. The van der Waals surface area contributed by atoms with Gasteiger partial charge in [0.15, 0.2) is 0 Å². The molecule has 6 nitrogen and oxygen atoms in total. The maximum Gasteiger partial charge on any atom is 0.232 e. The van der Waals surface area contributed by atoms with Gasteiger partial charge in [0.2, 0.25) is 11.8 Å². The van der Waals surface area contributed by atoms with E-state index in [0.29, 0.717) is 19.5 Å². The fraction of sp³-hybridized carbons (Fsp3) is 0.615. The summed E-state index contributed by atoms with van der Waals surface area (Å²) in [7, 11) is 1.82. The predicted molar refractivity (Wildman–Crippen MR) is 71.6 cm³/mol. The van der Waals surface area contributed by atoms with E-state index in [0.717, 1.165) is 11.4 Å². The molecule has 104 valence electrons. The van der Waals surface area contributed by atoms with Crippen LogP contribution in [0.25, 0.3) is 0 Å². The number of likely N-dealkylation sites (tertiary alicyclic amines) is 1. The molecule has 1 fully saturated rings. The topological polar surface area (TPSA) is 67.2 Å². The SMILES string of the molecule is CC(=O)N1CCC(C)(C(=O)Nc2cn(C)nc2C)C1. The minimum Gasteiger partial charge on any atom is -0.342 e. The number of carbonyl (C=O) groups excluding carboxylic acids is 2. The molecule has 1 aliphatic heterocycles. The summed E-state index contributed by atoms with van der Waals surface area (Å²) in [6.45, 7) is 6.42. The van der Waals surface area contributed by atoms with Gasteiger partial charge in [0.05, 0.1) is 16.8 Å². The zero-order valence-electron chi connectivity index (χ0n) is 11.9. The molecule has 0 bridgehead atoms. The van der Waals surface area contributed by atoms with E-state index < -0.39 is 5.41 Å². The Bertz CT molecular complexity index is 523. The van der Waals surface area contributed by atoms with E-state index in [2.05, 4.69) is 10.4 Å². The molecule has 1 aliphatic rings. The molecule has 0 radical (unpaired) electrons. The van der Waals surface area contributed by atoms with E-state index >= 15 is 0 Å². The van der Waals surface area contributed by atoms with Crippen LogP contribution in [-0.4, -0.2) is 39.6 Å². The molecule has 1 unspecified atom stereocenters. The lowest BCUT2D eigenvalue weighted by Gasteiger charge is -2.23. The van der Waals surface area contributed by atoms with E-state index in [1.54, 1.807) is 15.8 Å². The molecule has 2 amide bonds. The van der Waals surface area contributed by atoms with Gasteiger partial charge in [0.1, 0.15) is 0 Å². The average molecular weight is 264 g/mol. The molecule has 0 aliphatic carbocycles. The lowest BCUT2D eigenvalue weighted by Crippen LogP contribution is -2.37. The Kier molecular flexibility index (Phi) is 3.34. The number of hydrogen-bond donors (Lipinski definition) is 1. The number of aryl methyl sites for hydroxylation is 2. The predicted octanol–water partition coefficient (Wildman–Crippen LogP) is 0.926. The van der Waals surface area contributed by atoms with Crippen LogP contribution >= 0.6 is 0 Å². The zero-order valence-corrected chi connectivity index (χ0v) is 11.9. The number of hydrogen-bond acceptors (Lipinski definition) is 3. The summed E-state index contributed by atoms with van der Waals surface area (Å²) < 4.78 is 1.67. The van der Waals surface area contributed by atoms with Crippen molar-refractivity contribution < 1.29 is 9.59 Å². The first-order valence-corrected chi connectivity index (χ1v) is 6.39. The number of carbonyl (C=O) groups is 2. The zero-order chi connectivity index (χ0) is 14.2. The minimum absolute atomic E-state index is 0.0223. The van der Waals surface area contributed by atoms with Crippen molar-refractivity contribution in [2.75, 3.05) is 18.4 Å². The smallest absolute Gasteiger partial charge is 0.232 e. The van der Waals surface area contributed by atoms with Crippen molar-refractivity contribution in [3.05, 3.63) is 11.9 Å². The fourth-order valence-corrected chi connectivity index (χ4v) is 2.41. The Morgan fingerprint density at radius 2 is 2.16 bits per heavy atom. The van der Waals surface area contributed by atoms with E-state index in [4.69, 9.17) is 0 Å². The Balaban J connectivity index is 2.08. The Morgan fingerprint density at radius 1 is 1.47 bits per heavy atom. The van der Waals surface area contributed by atoms with Gasteiger partial charge in [0, 0.05) is 33.3 Å². The average Bonchev–Trinajstić information content (AvgIpc) is 2.84. The summed E-state index contributed by atoms with van der Waals surface area (Å²) in [5, 5.41) is 7.11. The fourth-order valence-electron chi connectivity index (χ4n) is 2.41. The van der Waals surface area contributed by atoms with Crippen molar-refractivity contribution in [1.82, 2.24) is 14.7 Å². The maximum absolute atomic E-state index is 12.4. The molecule has 0 spiro atoms. The van der Waals surface area contributed by atoms with Crippen LogP contribution < -0.4 is 5.32 Å². The molecule has 1 saturated heterocycles. The van der Waals surface area contributed by atoms with E-state index in [1.807, 2.05) is 20.9 Å². The van der Waals surface area contributed by atoms with Gasteiger partial charge in [-0.25, -0.2) is 0 Å². The van der Waals surface area contributed by atoms with Crippen molar-refractivity contribution in [3.63, 3.8) is 0 Å². The molecule has 1 aromatic heterocycles. The monoisotopic (exact) mass is 264 g/mol. The van der Waals surface area contributed by atoms with E-state index in [9.17, 15) is 9.59 Å². The second-order valence-corrected chi connectivity index (χ2v) is 5.51. The van der Waals surface area contributed by atoms with Crippen LogP contribution in [0.2, 0.25) is 0 Å². The van der Waals surface area contributed by atoms with Gasteiger partial charge < -0.3 is 10.2 Å². The molecular formula is C13H20N4O2. The standard InChI is InChI=1S/C13H20N4O2/c1-9-11(7-16(4)15-9)14-12(19)13(3)5-6-17(8-13)10(2)18/h7H,5-6,8H2,1-4H3,(H,14,19). The van der Waals surface area contributed by atoms with Gasteiger partial charge in [-0.2, -0.15) is 5.10 Å². The molecule has 6 heteroatoms. The number of rotatable bonds is 2. The third-order valence-corrected chi connectivity index (χ3v) is 3.73. The highest BCUT2D eigenvalue weighted by Crippen LogP contribution is 2.31. The van der Waals surface area contributed by atoms with Gasteiger partial charge in [-0.05, 0) is 20.3 Å². The second-order valence-electron chi connectivity index (χ2n) is 5.51. The van der Waals surface area contributed by atoms with Crippen LogP contribution in [-0.2, 0) is 16.6 Å². The number of anilines is 1. The summed E-state index contributed by atoms with van der Waals surface area (Å²) in [5.41, 5.74) is 1.00. The van der Waals surface area contributed by atoms with Crippen molar-refractivity contribution in [1.29, 1.82) is 0 Å². The summed E-state index contributed by atoms with van der Waals surface area (Å²) in [5.74, 6) is -0.0265. The van der Waals surface area contributed by atoms with Crippen LogP contribution in [0.1, 0.15) is 26.0 Å². The third kappa shape index (κ3) is 2.62. The van der Waals surface area contributed by atoms with Crippen LogP contribution in [0.15, 0.2) is 6.20 Å². The van der Waals surface area contributed by atoms with E-state index in [-0.39, 0.29) is 11.8 Å². The highest BCUT2D eigenvalue weighted by Gasteiger charge is 2.41. The van der Waals surface area contributed by atoms with Gasteiger partial charge in [-0.1, -0.05) is 0 Å². The Labute approximate surface area is 112 Å². The first-order valence-electron chi connectivity index (χ1n) is 6.39. The van der Waals surface area contributed by atoms with Crippen molar-refractivity contribution in [3.8, 4) is 0 Å². The first-order chi connectivity index (χ1) is 8.82. The first kappa shape index (κ1) is 13.6. The lowest BCUT2D eigenvalue weighted by molar-refractivity contribution is -0.129. The van der Waals surface area contributed by atoms with Gasteiger partial charge >= 0.3 is 0 Å². The molecule has 0 aromatic carbocycles. The second kappa shape index (κ2) is 4.68. The van der Waals surface area contributed by atoms with Crippen LogP contribution in [0.5, 0.6) is 0 Å². The van der Waals surface area contributed by atoms with Crippen molar-refractivity contribution in [2.45, 2.75) is 27.2 Å². The minimum atomic E-state index is -0.520. The van der Waals surface area contributed by atoms with E-state index in [1.165, 1.54) is 6.92 Å². The normalized spacial score (nSPS) is 22.6. The molecule has 2 heterocycles. The summed E-state index contributed by atoms with van der Waals surface area (Å²) in [6, 6.07) is 0. The van der Waals surface area contributed by atoms with Crippen LogP contribution in [0, 0.1) is 12.3 Å².